The van der Waals surface area contributed by atoms with Crippen molar-refractivity contribution < 1.29 is 13.7 Å². The Balaban J connectivity index is 1.55. The quantitative estimate of drug-likeness (QED) is 0.471. The molecule has 2 heterocycles. The summed E-state index contributed by atoms with van der Waals surface area (Å²) in [5.41, 5.74) is 0.618. The number of amides is 1. The molecule has 33 heavy (non-hydrogen) atoms. The van der Waals surface area contributed by atoms with Crippen molar-refractivity contribution in [2.24, 2.45) is 7.05 Å². The summed E-state index contributed by atoms with van der Waals surface area (Å²) in [5.74, 6) is -1.70. The fourth-order valence-corrected chi connectivity index (χ4v) is 3.03. The molecule has 11 heteroatoms. The summed E-state index contributed by atoms with van der Waals surface area (Å²) >= 11 is 0. The summed E-state index contributed by atoms with van der Waals surface area (Å²) in [6.07, 6.45) is 0.609. The van der Waals surface area contributed by atoms with E-state index >= 15 is 0 Å². The Bertz CT molecular complexity index is 1420. The average Bonchev–Trinajstić information content (AvgIpc) is 3.30. The molecule has 0 unspecified atom stereocenters. The smallest absolute Gasteiger partial charge is 0.347 e. The van der Waals surface area contributed by atoms with E-state index in [1.54, 1.807) is 0 Å². The van der Waals surface area contributed by atoms with Gasteiger partial charge in [-0.05, 0) is 43.2 Å². The van der Waals surface area contributed by atoms with Gasteiger partial charge in [-0.3, -0.25) is 14.2 Å². The molecule has 0 aliphatic heterocycles. The number of carbonyl (C=O) groups is 1. The molecule has 10 nitrogen and oxygen atoms in total. The van der Waals surface area contributed by atoms with Crippen LogP contribution in [0.1, 0.15) is 21.8 Å². The lowest BCUT2D eigenvalue weighted by Crippen LogP contribution is -2.40. The first kappa shape index (κ1) is 21.8. The number of hydrogen-bond acceptors (Lipinski definition) is 7. The van der Waals surface area contributed by atoms with Crippen molar-refractivity contribution in [1.29, 1.82) is 0 Å². The summed E-state index contributed by atoms with van der Waals surface area (Å²) in [7, 11) is 1.26. The van der Waals surface area contributed by atoms with E-state index in [0.29, 0.717) is 13.0 Å². The molecular formula is C22H19FN6O4. The Morgan fingerprint density at radius 1 is 1.09 bits per heavy atom. The van der Waals surface area contributed by atoms with Gasteiger partial charge in [-0.15, -0.1) is 0 Å². The second-order valence-electron chi connectivity index (χ2n) is 7.30. The van der Waals surface area contributed by atoms with E-state index in [1.165, 1.54) is 19.2 Å². The number of aromatic nitrogens is 5. The van der Waals surface area contributed by atoms with Crippen molar-refractivity contribution >= 4 is 5.91 Å². The monoisotopic (exact) mass is 450 g/mol. The predicted octanol–water partition coefficient (Wildman–Crippen LogP) is 1.40. The summed E-state index contributed by atoms with van der Waals surface area (Å²) in [5, 5.41) is 10.4. The first-order valence-electron chi connectivity index (χ1n) is 9.97. The zero-order valence-corrected chi connectivity index (χ0v) is 17.8. The van der Waals surface area contributed by atoms with Crippen LogP contribution in [0.25, 0.3) is 17.2 Å². The van der Waals surface area contributed by atoms with Gasteiger partial charge in [0.1, 0.15) is 5.82 Å². The van der Waals surface area contributed by atoms with E-state index in [4.69, 9.17) is 4.52 Å². The molecule has 0 aliphatic carbocycles. The van der Waals surface area contributed by atoms with Gasteiger partial charge < -0.3 is 9.84 Å². The summed E-state index contributed by atoms with van der Waals surface area (Å²) in [6, 6.07) is 12.9. The van der Waals surface area contributed by atoms with Gasteiger partial charge in [-0.2, -0.15) is 14.8 Å². The van der Waals surface area contributed by atoms with E-state index in [-0.39, 0.29) is 23.1 Å². The molecule has 0 aliphatic rings. The van der Waals surface area contributed by atoms with Gasteiger partial charge in [-0.1, -0.05) is 35.0 Å². The van der Waals surface area contributed by atoms with Crippen molar-refractivity contribution in [3.05, 3.63) is 92.2 Å². The zero-order valence-electron chi connectivity index (χ0n) is 17.8. The second kappa shape index (κ2) is 8.99. The van der Waals surface area contributed by atoms with Gasteiger partial charge in [0.25, 0.3) is 5.56 Å². The van der Waals surface area contributed by atoms with Crippen LogP contribution in [0.4, 0.5) is 4.39 Å². The Morgan fingerprint density at radius 3 is 2.48 bits per heavy atom. The van der Waals surface area contributed by atoms with Gasteiger partial charge in [0.05, 0.1) is 5.69 Å². The lowest BCUT2D eigenvalue weighted by atomic mass is 10.1. The van der Waals surface area contributed by atoms with Crippen LogP contribution in [-0.4, -0.2) is 36.9 Å². The number of nitrogens with zero attached hydrogens (tertiary/aromatic N) is 5. The molecule has 4 rings (SSSR count). The molecule has 0 saturated carbocycles. The molecule has 0 bridgehead atoms. The second-order valence-corrected chi connectivity index (χ2v) is 7.30. The number of nitrogens with one attached hydrogen (secondary N) is 1. The molecule has 0 saturated heterocycles. The minimum atomic E-state index is -0.773. The fraction of sp³-hybridized carbons (Fsp3) is 0.182. The van der Waals surface area contributed by atoms with Crippen LogP contribution in [0.15, 0.2) is 62.6 Å². The van der Waals surface area contributed by atoms with Crippen LogP contribution < -0.4 is 16.6 Å². The number of halogens is 1. The highest BCUT2D eigenvalue weighted by atomic mass is 19.1. The van der Waals surface area contributed by atoms with Gasteiger partial charge in [0.15, 0.2) is 5.69 Å². The maximum Gasteiger partial charge on any atom is 0.351 e. The zero-order chi connectivity index (χ0) is 23.5. The van der Waals surface area contributed by atoms with Gasteiger partial charge in [-0.25, -0.2) is 9.18 Å². The van der Waals surface area contributed by atoms with Crippen molar-refractivity contribution in [3.8, 4) is 17.2 Å². The molecular weight excluding hydrogens is 431 g/mol. The number of rotatable bonds is 6. The summed E-state index contributed by atoms with van der Waals surface area (Å²) < 4.78 is 19.9. The molecule has 0 radical (unpaired) electrons. The van der Waals surface area contributed by atoms with Crippen molar-refractivity contribution in [2.75, 3.05) is 6.54 Å². The highest BCUT2D eigenvalue weighted by Gasteiger charge is 2.21. The van der Waals surface area contributed by atoms with E-state index < -0.39 is 23.0 Å². The van der Waals surface area contributed by atoms with Gasteiger partial charge in [0.2, 0.25) is 5.82 Å². The van der Waals surface area contributed by atoms with Crippen LogP contribution in [0.2, 0.25) is 0 Å². The van der Waals surface area contributed by atoms with Gasteiger partial charge in [0, 0.05) is 13.6 Å². The minimum Gasteiger partial charge on any atom is -0.347 e. The lowest BCUT2D eigenvalue weighted by molar-refractivity contribution is 0.0910. The van der Waals surface area contributed by atoms with E-state index in [2.05, 4.69) is 20.6 Å². The fourth-order valence-electron chi connectivity index (χ4n) is 3.03. The number of hydrogen-bond donors (Lipinski definition) is 1. The van der Waals surface area contributed by atoms with Crippen LogP contribution >= 0.6 is 0 Å². The minimum absolute atomic E-state index is 0.232. The third-order valence-electron chi connectivity index (χ3n) is 4.90. The summed E-state index contributed by atoms with van der Waals surface area (Å²) in [6.45, 7) is 2.34. The molecule has 0 fully saturated rings. The van der Waals surface area contributed by atoms with Gasteiger partial charge >= 0.3 is 17.5 Å². The largest absolute Gasteiger partial charge is 0.351 e. The Hall–Kier alpha value is -4.41. The normalized spacial score (nSPS) is 10.9. The molecule has 2 aromatic heterocycles. The number of aryl methyl sites for hydroxylation is 1. The maximum atomic E-state index is 13.2. The Kier molecular flexibility index (Phi) is 5.94. The van der Waals surface area contributed by atoms with Crippen LogP contribution in [-0.2, 0) is 13.5 Å². The van der Waals surface area contributed by atoms with Crippen LogP contribution in [0, 0.1) is 12.7 Å². The highest BCUT2D eigenvalue weighted by molar-refractivity contribution is 5.89. The number of carbonyl (C=O) groups excluding carboxylic acids is 1. The molecule has 168 valence electrons. The SMILES string of the molecule is Cc1ccc(CCNC(=O)c2nc(-c3nn(-c4ccc(F)cc4)c(=O)n(C)c3=O)no2)cc1. The van der Waals surface area contributed by atoms with Crippen LogP contribution in [0.3, 0.4) is 0 Å². The standard InChI is InChI=1S/C22H19FN6O4/c1-13-3-5-14(6-4-13)11-12-24-19(30)20-25-18(27-33-20)17-21(31)28(2)22(32)29(26-17)16-9-7-15(23)8-10-16/h3-10H,11-12H2,1-2H3,(H,24,30). The van der Waals surface area contributed by atoms with Crippen molar-refractivity contribution in [1.82, 2.24) is 29.8 Å². The third kappa shape index (κ3) is 4.61. The third-order valence-corrected chi connectivity index (χ3v) is 4.90. The van der Waals surface area contributed by atoms with Crippen molar-refractivity contribution in [2.45, 2.75) is 13.3 Å². The predicted molar refractivity (Wildman–Crippen MR) is 116 cm³/mol. The highest BCUT2D eigenvalue weighted by Crippen LogP contribution is 2.11. The molecule has 2 aromatic carbocycles. The number of benzene rings is 2. The Labute approximate surface area is 186 Å². The lowest BCUT2D eigenvalue weighted by Gasteiger charge is -2.07. The van der Waals surface area contributed by atoms with E-state index in [1.807, 2.05) is 31.2 Å². The molecule has 0 spiro atoms. The molecule has 4 aromatic rings. The first-order chi connectivity index (χ1) is 15.8. The van der Waals surface area contributed by atoms with E-state index in [9.17, 15) is 18.8 Å². The van der Waals surface area contributed by atoms with Crippen LogP contribution in [0.5, 0.6) is 0 Å². The summed E-state index contributed by atoms with van der Waals surface area (Å²) in [4.78, 5) is 41.3. The van der Waals surface area contributed by atoms with E-state index in [0.717, 1.165) is 32.5 Å². The van der Waals surface area contributed by atoms with Crippen molar-refractivity contribution in [3.63, 3.8) is 0 Å². The molecule has 1 amide bonds. The molecule has 0 atom stereocenters. The first-order valence-corrected chi connectivity index (χ1v) is 9.97. The Morgan fingerprint density at radius 2 is 1.79 bits per heavy atom. The topological polar surface area (TPSA) is 125 Å². The maximum absolute atomic E-state index is 13.2. The average molecular weight is 450 g/mol. The molecule has 1 N–H and O–H groups in total.